The lowest BCUT2D eigenvalue weighted by molar-refractivity contribution is 0.426. The van der Waals surface area contributed by atoms with Gasteiger partial charge in [-0.15, -0.1) is 0 Å². The Balaban J connectivity index is 2.06. The molecule has 1 aliphatic rings. The molecule has 94 valence electrons. The van der Waals surface area contributed by atoms with Gasteiger partial charge in [-0.3, -0.25) is 0 Å². The molecule has 2 rings (SSSR count). The third kappa shape index (κ3) is 2.89. The molecule has 1 fully saturated rings. The van der Waals surface area contributed by atoms with Gasteiger partial charge in [0.2, 0.25) is 0 Å². The number of hydrogen-bond acceptors (Lipinski definition) is 1. The van der Waals surface area contributed by atoms with Crippen molar-refractivity contribution >= 4 is 15.9 Å². The van der Waals surface area contributed by atoms with Crippen LogP contribution in [0.5, 0.6) is 0 Å². The third-order valence-electron chi connectivity index (χ3n) is 3.89. The quantitative estimate of drug-likeness (QED) is 0.892. The van der Waals surface area contributed by atoms with Crippen molar-refractivity contribution in [1.29, 1.82) is 0 Å². The second kappa shape index (κ2) is 4.69. The van der Waals surface area contributed by atoms with E-state index in [0.717, 1.165) is 12.3 Å². The van der Waals surface area contributed by atoms with E-state index in [1.165, 1.54) is 18.1 Å². The van der Waals surface area contributed by atoms with E-state index in [-0.39, 0.29) is 5.82 Å². The molecule has 3 heteroatoms. The summed E-state index contributed by atoms with van der Waals surface area (Å²) in [6.07, 6.45) is 2.24. The summed E-state index contributed by atoms with van der Waals surface area (Å²) in [6.45, 7) is 4.62. The standard InChI is InChI=1S/C14H19BrFN/c1-14(2)8-10(14)13(17-3)7-9-4-5-12(16)11(15)6-9/h4-6,10,13,17H,7-8H2,1-3H3. The van der Waals surface area contributed by atoms with Crippen LogP contribution in [0.1, 0.15) is 25.8 Å². The molecule has 2 atom stereocenters. The molecule has 1 aliphatic carbocycles. The Bertz CT molecular complexity index is 417. The fourth-order valence-corrected chi connectivity index (χ4v) is 2.99. The molecule has 0 spiro atoms. The van der Waals surface area contributed by atoms with Crippen LogP contribution >= 0.6 is 15.9 Å². The fraction of sp³-hybridized carbons (Fsp3) is 0.571. The molecule has 0 aromatic heterocycles. The summed E-state index contributed by atoms with van der Waals surface area (Å²) < 4.78 is 13.7. The van der Waals surface area contributed by atoms with Crippen molar-refractivity contribution in [3.05, 3.63) is 34.1 Å². The van der Waals surface area contributed by atoms with E-state index < -0.39 is 0 Å². The Morgan fingerprint density at radius 3 is 2.65 bits per heavy atom. The first-order valence-corrected chi connectivity index (χ1v) is 6.84. The molecule has 0 amide bonds. The van der Waals surface area contributed by atoms with Gasteiger partial charge in [0.05, 0.1) is 4.47 Å². The average molecular weight is 300 g/mol. The summed E-state index contributed by atoms with van der Waals surface area (Å²) in [5.74, 6) is 0.540. The van der Waals surface area contributed by atoms with Crippen molar-refractivity contribution in [3.63, 3.8) is 0 Å². The number of nitrogens with one attached hydrogen (secondary N) is 1. The molecule has 1 aromatic rings. The van der Waals surface area contributed by atoms with E-state index in [2.05, 4.69) is 35.1 Å². The van der Waals surface area contributed by atoms with E-state index in [4.69, 9.17) is 0 Å². The lowest BCUT2D eigenvalue weighted by atomic mass is 9.97. The minimum atomic E-state index is -0.193. The monoisotopic (exact) mass is 299 g/mol. The van der Waals surface area contributed by atoms with Crippen molar-refractivity contribution in [2.24, 2.45) is 11.3 Å². The van der Waals surface area contributed by atoms with Gasteiger partial charge in [-0.2, -0.15) is 0 Å². The normalized spacial score (nSPS) is 23.5. The zero-order valence-electron chi connectivity index (χ0n) is 10.6. The highest BCUT2D eigenvalue weighted by Gasteiger charge is 2.49. The summed E-state index contributed by atoms with van der Waals surface area (Å²) >= 11 is 3.24. The average Bonchev–Trinajstić information content (AvgIpc) is 2.89. The topological polar surface area (TPSA) is 12.0 Å². The van der Waals surface area contributed by atoms with Crippen molar-refractivity contribution in [2.45, 2.75) is 32.7 Å². The molecule has 0 saturated heterocycles. The number of benzene rings is 1. The van der Waals surface area contributed by atoms with Gasteiger partial charge in [0.25, 0.3) is 0 Å². The SMILES string of the molecule is CNC(Cc1ccc(F)c(Br)c1)C1CC1(C)C. The fourth-order valence-electron chi connectivity index (χ4n) is 2.56. The Hall–Kier alpha value is -0.410. The maximum atomic E-state index is 13.1. The van der Waals surface area contributed by atoms with Crippen molar-refractivity contribution < 1.29 is 4.39 Å². The molecule has 1 nitrogen and oxygen atoms in total. The number of likely N-dealkylation sites (N-methyl/N-ethyl adjacent to an activating group) is 1. The van der Waals surface area contributed by atoms with Crippen molar-refractivity contribution in [2.75, 3.05) is 7.05 Å². The minimum absolute atomic E-state index is 0.193. The summed E-state index contributed by atoms with van der Waals surface area (Å²) in [4.78, 5) is 0. The van der Waals surface area contributed by atoms with E-state index in [1.54, 1.807) is 0 Å². The van der Waals surface area contributed by atoms with Gasteiger partial charge in [0.15, 0.2) is 0 Å². The zero-order valence-corrected chi connectivity index (χ0v) is 12.1. The Kier molecular flexibility index (Phi) is 3.60. The first-order valence-electron chi connectivity index (χ1n) is 6.05. The summed E-state index contributed by atoms with van der Waals surface area (Å²) in [6, 6.07) is 5.78. The molecule has 2 unspecified atom stereocenters. The van der Waals surface area contributed by atoms with Gasteiger partial charge in [0, 0.05) is 6.04 Å². The second-order valence-electron chi connectivity index (χ2n) is 5.65. The zero-order chi connectivity index (χ0) is 12.6. The van der Waals surface area contributed by atoms with Crippen LogP contribution in [-0.4, -0.2) is 13.1 Å². The first kappa shape index (κ1) is 13.0. The van der Waals surface area contributed by atoms with Crippen LogP contribution in [0.4, 0.5) is 4.39 Å². The van der Waals surface area contributed by atoms with Crippen LogP contribution in [0, 0.1) is 17.2 Å². The lowest BCUT2D eigenvalue weighted by Crippen LogP contribution is -2.31. The van der Waals surface area contributed by atoms with Crippen molar-refractivity contribution in [3.8, 4) is 0 Å². The van der Waals surface area contributed by atoms with E-state index in [9.17, 15) is 4.39 Å². The molecule has 1 N–H and O–H groups in total. The van der Waals surface area contributed by atoms with Gasteiger partial charge >= 0.3 is 0 Å². The smallest absolute Gasteiger partial charge is 0.137 e. The van der Waals surface area contributed by atoms with Crippen LogP contribution in [0.2, 0.25) is 0 Å². The Morgan fingerprint density at radius 1 is 1.53 bits per heavy atom. The van der Waals surface area contributed by atoms with Crippen LogP contribution in [-0.2, 0) is 6.42 Å². The van der Waals surface area contributed by atoms with Gasteiger partial charge < -0.3 is 5.32 Å². The molecule has 0 heterocycles. The molecule has 0 radical (unpaired) electrons. The number of halogens is 2. The Labute approximate surface area is 111 Å². The highest BCUT2D eigenvalue weighted by Crippen LogP contribution is 2.53. The van der Waals surface area contributed by atoms with Gasteiger partial charge in [-0.05, 0) is 64.8 Å². The summed E-state index contributed by atoms with van der Waals surface area (Å²) in [5.41, 5.74) is 1.64. The van der Waals surface area contributed by atoms with E-state index in [1.807, 2.05) is 19.2 Å². The third-order valence-corrected chi connectivity index (χ3v) is 4.49. The Morgan fingerprint density at radius 2 is 2.18 bits per heavy atom. The highest BCUT2D eigenvalue weighted by molar-refractivity contribution is 9.10. The van der Waals surface area contributed by atoms with Gasteiger partial charge in [-0.1, -0.05) is 19.9 Å². The molecular formula is C14H19BrFN. The summed E-state index contributed by atoms with van der Waals surface area (Å²) in [5, 5.41) is 3.39. The summed E-state index contributed by atoms with van der Waals surface area (Å²) in [7, 11) is 2.01. The first-order chi connectivity index (χ1) is 7.94. The van der Waals surface area contributed by atoms with Gasteiger partial charge in [0.1, 0.15) is 5.82 Å². The van der Waals surface area contributed by atoms with Crippen LogP contribution in [0.15, 0.2) is 22.7 Å². The van der Waals surface area contributed by atoms with E-state index in [0.29, 0.717) is 15.9 Å². The maximum Gasteiger partial charge on any atom is 0.137 e. The minimum Gasteiger partial charge on any atom is -0.316 e. The number of rotatable bonds is 4. The predicted molar refractivity (Wildman–Crippen MR) is 72.5 cm³/mol. The maximum absolute atomic E-state index is 13.1. The molecule has 1 aromatic carbocycles. The lowest BCUT2D eigenvalue weighted by Gasteiger charge is -2.18. The predicted octanol–water partition coefficient (Wildman–Crippen LogP) is 3.76. The number of hydrogen-bond donors (Lipinski definition) is 1. The van der Waals surface area contributed by atoms with Crippen LogP contribution in [0.3, 0.4) is 0 Å². The molecular weight excluding hydrogens is 281 g/mol. The van der Waals surface area contributed by atoms with Crippen molar-refractivity contribution in [1.82, 2.24) is 5.32 Å². The van der Waals surface area contributed by atoms with Gasteiger partial charge in [-0.25, -0.2) is 4.39 Å². The van der Waals surface area contributed by atoms with E-state index >= 15 is 0 Å². The highest BCUT2D eigenvalue weighted by atomic mass is 79.9. The molecule has 17 heavy (non-hydrogen) atoms. The second-order valence-corrected chi connectivity index (χ2v) is 6.50. The molecule has 0 bridgehead atoms. The van der Waals surface area contributed by atoms with Crippen LogP contribution in [0.25, 0.3) is 0 Å². The largest absolute Gasteiger partial charge is 0.316 e. The molecule has 0 aliphatic heterocycles. The molecule has 1 saturated carbocycles. The van der Waals surface area contributed by atoms with Crippen LogP contribution < -0.4 is 5.32 Å².